The molecule has 20 heavy (non-hydrogen) atoms. The van der Waals surface area contributed by atoms with Crippen molar-refractivity contribution in [1.82, 2.24) is 20.2 Å². The molecule has 0 aliphatic heterocycles. The van der Waals surface area contributed by atoms with Crippen LogP contribution in [0.5, 0.6) is 0 Å². The molecule has 3 N–H and O–H groups in total. The van der Waals surface area contributed by atoms with Gasteiger partial charge < -0.3 is 15.0 Å². The van der Waals surface area contributed by atoms with Gasteiger partial charge in [0.25, 0.3) is 0 Å². The number of imide groups is 1. The molecule has 0 saturated heterocycles. The molecule has 3 amide bonds. The van der Waals surface area contributed by atoms with Gasteiger partial charge in [0.2, 0.25) is 5.91 Å². The fourth-order valence-electron chi connectivity index (χ4n) is 1.41. The van der Waals surface area contributed by atoms with Crippen molar-refractivity contribution in [2.45, 2.75) is 26.8 Å². The van der Waals surface area contributed by atoms with Crippen LogP contribution in [0.15, 0.2) is 18.7 Å². The lowest BCUT2D eigenvalue weighted by molar-refractivity contribution is -0.149. The minimum absolute atomic E-state index is 0.267. The van der Waals surface area contributed by atoms with Gasteiger partial charge in [0.05, 0.1) is 11.7 Å². The maximum absolute atomic E-state index is 11.5. The van der Waals surface area contributed by atoms with Crippen molar-refractivity contribution in [3.63, 3.8) is 0 Å². The summed E-state index contributed by atoms with van der Waals surface area (Å²) in [6.45, 7) is 3.71. The first kappa shape index (κ1) is 15.7. The number of hydrogen-bond acceptors (Lipinski definition) is 4. The molecule has 0 aliphatic rings. The molecule has 1 aromatic heterocycles. The molecule has 0 unspecified atom stereocenters. The van der Waals surface area contributed by atoms with Crippen molar-refractivity contribution in [1.29, 1.82) is 0 Å². The molecule has 1 rings (SSSR count). The van der Waals surface area contributed by atoms with Crippen molar-refractivity contribution in [3.05, 3.63) is 18.7 Å². The molecular weight excluding hydrogens is 264 g/mol. The zero-order valence-corrected chi connectivity index (χ0v) is 11.4. The minimum atomic E-state index is -1.21. The van der Waals surface area contributed by atoms with Crippen LogP contribution in [0.3, 0.4) is 0 Å². The fourth-order valence-corrected chi connectivity index (χ4v) is 1.41. The van der Waals surface area contributed by atoms with Crippen LogP contribution in [0.4, 0.5) is 4.79 Å². The Hall–Kier alpha value is -2.38. The first-order chi connectivity index (χ1) is 9.31. The third kappa shape index (κ3) is 5.09. The zero-order valence-electron chi connectivity index (χ0n) is 11.4. The van der Waals surface area contributed by atoms with Crippen LogP contribution in [0.25, 0.3) is 0 Å². The van der Waals surface area contributed by atoms with Crippen molar-refractivity contribution < 1.29 is 19.5 Å². The number of carboxylic acid groups (broad SMARTS) is 1. The first-order valence-corrected chi connectivity index (χ1v) is 6.08. The number of amides is 3. The molecule has 0 saturated carbocycles. The Morgan fingerprint density at radius 2 is 2.05 bits per heavy atom. The summed E-state index contributed by atoms with van der Waals surface area (Å²) in [6, 6.07) is -0.642. The van der Waals surface area contributed by atoms with E-state index in [0.29, 0.717) is 13.1 Å². The Kier molecular flexibility index (Phi) is 5.24. The van der Waals surface area contributed by atoms with Crippen LogP contribution in [-0.2, 0) is 16.1 Å². The second-order valence-electron chi connectivity index (χ2n) is 4.97. The van der Waals surface area contributed by atoms with Crippen molar-refractivity contribution in [2.24, 2.45) is 5.41 Å². The summed E-state index contributed by atoms with van der Waals surface area (Å²) >= 11 is 0. The van der Waals surface area contributed by atoms with Crippen LogP contribution in [0.2, 0.25) is 0 Å². The van der Waals surface area contributed by atoms with E-state index in [1.54, 1.807) is 23.3 Å². The third-order valence-electron chi connectivity index (χ3n) is 2.65. The van der Waals surface area contributed by atoms with Crippen LogP contribution in [0.1, 0.15) is 20.3 Å². The van der Waals surface area contributed by atoms with Crippen LogP contribution in [-0.4, -0.2) is 39.1 Å². The van der Waals surface area contributed by atoms with Gasteiger partial charge in [-0.15, -0.1) is 0 Å². The fraction of sp³-hybridized carbons (Fsp3) is 0.500. The number of carboxylic acids is 1. The molecule has 8 nitrogen and oxygen atoms in total. The van der Waals surface area contributed by atoms with E-state index >= 15 is 0 Å². The van der Waals surface area contributed by atoms with E-state index < -0.39 is 23.3 Å². The molecule has 0 atom stereocenters. The highest BCUT2D eigenvalue weighted by molar-refractivity contribution is 5.96. The number of nitrogens with one attached hydrogen (secondary N) is 2. The minimum Gasteiger partial charge on any atom is -0.481 e. The van der Waals surface area contributed by atoms with Crippen molar-refractivity contribution in [3.8, 4) is 0 Å². The SMILES string of the molecule is CC(C)(CC(=O)NC(=O)NCCn1ccnc1)C(=O)O. The first-order valence-electron chi connectivity index (χ1n) is 6.08. The van der Waals surface area contributed by atoms with Crippen LogP contribution >= 0.6 is 0 Å². The molecule has 1 aromatic rings. The lowest BCUT2D eigenvalue weighted by Crippen LogP contribution is -2.42. The molecule has 0 radical (unpaired) electrons. The Morgan fingerprint density at radius 1 is 1.35 bits per heavy atom. The van der Waals surface area contributed by atoms with Gasteiger partial charge in [0, 0.05) is 31.9 Å². The van der Waals surface area contributed by atoms with Gasteiger partial charge in [0.15, 0.2) is 0 Å². The highest BCUT2D eigenvalue weighted by Crippen LogP contribution is 2.19. The van der Waals surface area contributed by atoms with Crippen molar-refractivity contribution in [2.75, 3.05) is 6.54 Å². The lowest BCUT2D eigenvalue weighted by Gasteiger charge is -2.17. The maximum atomic E-state index is 11.5. The van der Waals surface area contributed by atoms with E-state index in [1.807, 2.05) is 0 Å². The van der Waals surface area contributed by atoms with Crippen molar-refractivity contribution >= 4 is 17.9 Å². The molecule has 1 heterocycles. The molecule has 0 bridgehead atoms. The molecule has 0 aromatic carbocycles. The van der Waals surface area contributed by atoms with E-state index in [4.69, 9.17) is 5.11 Å². The standard InChI is InChI=1S/C12H18N4O4/c1-12(2,10(18)19)7-9(17)15-11(20)14-4-6-16-5-3-13-8-16/h3,5,8H,4,6-7H2,1-2H3,(H,18,19)(H2,14,15,17,20). The largest absolute Gasteiger partial charge is 0.481 e. The summed E-state index contributed by atoms with van der Waals surface area (Å²) in [7, 11) is 0. The van der Waals surface area contributed by atoms with Gasteiger partial charge >= 0.3 is 12.0 Å². The van der Waals surface area contributed by atoms with E-state index in [1.165, 1.54) is 13.8 Å². The Bertz CT molecular complexity index is 482. The molecule has 0 spiro atoms. The number of carbonyl (C=O) groups is 3. The molecule has 8 heteroatoms. The summed E-state index contributed by atoms with van der Waals surface area (Å²) < 4.78 is 1.77. The smallest absolute Gasteiger partial charge is 0.321 e. The highest BCUT2D eigenvalue weighted by Gasteiger charge is 2.30. The predicted molar refractivity (Wildman–Crippen MR) is 69.8 cm³/mol. The topological polar surface area (TPSA) is 113 Å². The van der Waals surface area contributed by atoms with E-state index in [9.17, 15) is 14.4 Å². The summed E-state index contributed by atoms with van der Waals surface area (Å²) in [5, 5.41) is 13.5. The number of rotatable bonds is 6. The Morgan fingerprint density at radius 3 is 2.60 bits per heavy atom. The van der Waals surface area contributed by atoms with Crippen LogP contribution < -0.4 is 10.6 Å². The monoisotopic (exact) mass is 282 g/mol. The second-order valence-corrected chi connectivity index (χ2v) is 4.97. The number of aliphatic carboxylic acids is 1. The highest BCUT2D eigenvalue weighted by atomic mass is 16.4. The predicted octanol–water partition coefficient (Wildman–Crippen LogP) is 0.210. The number of urea groups is 1. The van der Waals surface area contributed by atoms with Gasteiger partial charge in [-0.1, -0.05) is 0 Å². The van der Waals surface area contributed by atoms with Gasteiger partial charge in [-0.05, 0) is 13.8 Å². The molecule has 0 aliphatic carbocycles. The Labute approximate surface area is 116 Å². The van der Waals surface area contributed by atoms with Gasteiger partial charge in [0.1, 0.15) is 0 Å². The summed E-state index contributed by atoms with van der Waals surface area (Å²) in [6.07, 6.45) is 4.72. The zero-order chi connectivity index (χ0) is 15.2. The maximum Gasteiger partial charge on any atom is 0.321 e. The molecule has 0 fully saturated rings. The van der Waals surface area contributed by atoms with E-state index in [0.717, 1.165) is 0 Å². The van der Waals surface area contributed by atoms with Gasteiger partial charge in [-0.3, -0.25) is 14.9 Å². The average molecular weight is 282 g/mol. The summed E-state index contributed by atoms with van der Waals surface area (Å²) in [5.74, 6) is -1.72. The average Bonchev–Trinajstić information content (AvgIpc) is 2.80. The summed E-state index contributed by atoms with van der Waals surface area (Å²) in [5.41, 5.74) is -1.21. The Balaban J connectivity index is 2.28. The van der Waals surface area contributed by atoms with Crippen LogP contribution in [0, 0.1) is 5.41 Å². The number of carbonyl (C=O) groups excluding carboxylic acids is 2. The van der Waals surface area contributed by atoms with E-state index in [-0.39, 0.29) is 6.42 Å². The molecule has 110 valence electrons. The lowest BCUT2D eigenvalue weighted by atomic mass is 9.89. The van der Waals surface area contributed by atoms with Gasteiger partial charge in [-0.25, -0.2) is 9.78 Å². The summed E-state index contributed by atoms with van der Waals surface area (Å²) in [4.78, 5) is 37.6. The number of nitrogens with zero attached hydrogens (tertiary/aromatic N) is 2. The molecular formula is C12H18N4O4. The third-order valence-corrected chi connectivity index (χ3v) is 2.65. The number of aromatic nitrogens is 2. The number of hydrogen-bond donors (Lipinski definition) is 3. The second kappa shape index (κ2) is 6.69. The normalized spacial score (nSPS) is 10.9. The number of imidazole rings is 1. The van der Waals surface area contributed by atoms with Gasteiger partial charge in [-0.2, -0.15) is 0 Å². The quantitative estimate of drug-likeness (QED) is 0.690. The van der Waals surface area contributed by atoms with E-state index in [2.05, 4.69) is 15.6 Å².